The second kappa shape index (κ2) is 5.77. The first-order chi connectivity index (χ1) is 9.90. The minimum absolute atomic E-state index is 0.0648. The van der Waals surface area contributed by atoms with E-state index in [1.54, 1.807) is 0 Å². The third kappa shape index (κ3) is 3.68. The third-order valence-corrected chi connectivity index (χ3v) is 2.39. The van der Waals surface area contributed by atoms with E-state index in [4.69, 9.17) is 5.21 Å². The van der Waals surface area contributed by atoms with Crippen LogP contribution in [0.1, 0.15) is 11.9 Å². The highest BCUT2D eigenvalue weighted by atomic mass is 19.4. The van der Waals surface area contributed by atoms with Gasteiger partial charge in [0, 0.05) is 5.56 Å². The largest absolute Gasteiger partial charge is 0.573 e. The number of benzene rings is 1. The van der Waals surface area contributed by atoms with Crippen LogP contribution in [-0.2, 0) is 0 Å². The highest BCUT2D eigenvalue weighted by molar-refractivity contribution is 6.02. The van der Waals surface area contributed by atoms with Crippen LogP contribution in [0.25, 0.3) is 0 Å². The standard InChI is InChI=1S/C11H8F4N4O2/c12-10(19-6-16-5-17-19)9(18-20)7-1-3-8(4-2-7)21-11(13,14)15/h1-6,10,20H. The number of halogens is 4. The van der Waals surface area contributed by atoms with Gasteiger partial charge in [-0.05, 0) is 24.3 Å². The monoisotopic (exact) mass is 304 g/mol. The second-order valence-electron chi connectivity index (χ2n) is 3.77. The van der Waals surface area contributed by atoms with Crippen molar-refractivity contribution < 1.29 is 27.5 Å². The molecular weight excluding hydrogens is 296 g/mol. The molecule has 0 saturated carbocycles. The van der Waals surface area contributed by atoms with Crippen molar-refractivity contribution in [2.24, 2.45) is 5.16 Å². The van der Waals surface area contributed by atoms with Gasteiger partial charge < -0.3 is 9.94 Å². The number of aromatic nitrogens is 3. The maximum Gasteiger partial charge on any atom is 0.573 e. The first kappa shape index (κ1) is 14.8. The molecule has 2 aromatic rings. The van der Waals surface area contributed by atoms with E-state index in [1.165, 1.54) is 0 Å². The molecule has 1 unspecified atom stereocenters. The normalized spacial score (nSPS) is 14.0. The highest BCUT2D eigenvalue weighted by Crippen LogP contribution is 2.24. The van der Waals surface area contributed by atoms with Gasteiger partial charge in [0.25, 0.3) is 0 Å². The maximum atomic E-state index is 14.0. The third-order valence-electron chi connectivity index (χ3n) is 2.39. The molecule has 0 bridgehead atoms. The molecule has 0 aliphatic carbocycles. The van der Waals surface area contributed by atoms with Crippen LogP contribution < -0.4 is 4.74 Å². The van der Waals surface area contributed by atoms with E-state index in [2.05, 4.69) is 20.0 Å². The van der Waals surface area contributed by atoms with Crippen LogP contribution in [0.3, 0.4) is 0 Å². The summed E-state index contributed by atoms with van der Waals surface area (Å²) in [7, 11) is 0. The molecule has 21 heavy (non-hydrogen) atoms. The maximum absolute atomic E-state index is 14.0. The van der Waals surface area contributed by atoms with Crippen LogP contribution in [-0.4, -0.2) is 32.0 Å². The molecule has 112 valence electrons. The predicted molar refractivity (Wildman–Crippen MR) is 61.6 cm³/mol. The van der Waals surface area contributed by atoms with E-state index in [9.17, 15) is 17.6 Å². The van der Waals surface area contributed by atoms with Crippen LogP contribution in [0.5, 0.6) is 5.75 Å². The summed E-state index contributed by atoms with van der Waals surface area (Å²) in [5.41, 5.74) is -0.367. The molecule has 10 heteroatoms. The van der Waals surface area contributed by atoms with E-state index >= 15 is 0 Å². The number of hydrogen-bond donors (Lipinski definition) is 1. The number of nitrogens with zero attached hydrogens (tertiary/aromatic N) is 4. The van der Waals surface area contributed by atoms with Crippen molar-refractivity contribution in [2.45, 2.75) is 12.7 Å². The van der Waals surface area contributed by atoms with Crippen molar-refractivity contribution in [2.75, 3.05) is 0 Å². The Morgan fingerprint density at radius 3 is 2.43 bits per heavy atom. The second-order valence-corrected chi connectivity index (χ2v) is 3.77. The smallest absolute Gasteiger partial charge is 0.410 e. The van der Waals surface area contributed by atoms with Crippen molar-refractivity contribution in [1.82, 2.24) is 14.8 Å². The number of rotatable bonds is 4. The van der Waals surface area contributed by atoms with Crippen LogP contribution in [0.15, 0.2) is 42.1 Å². The summed E-state index contributed by atoms with van der Waals surface area (Å²) in [4.78, 5) is 3.54. The van der Waals surface area contributed by atoms with Gasteiger partial charge in [-0.25, -0.2) is 14.1 Å². The molecule has 0 aliphatic rings. The summed E-state index contributed by atoms with van der Waals surface area (Å²) < 4.78 is 54.6. The molecular formula is C11H8F4N4O2. The Balaban J connectivity index is 2.20. The summed E-state index contributed by atoms with van der Waals surface area (Å²) in [6.07, 6.45) is -4.61. The lowest BCUT2D eigenvalue weighted by molar-refractivity contribution is -0.274. The number of alkyl halides is 4. The molecule has 1 atom stereocenters. The Bertz CT molecular complexity index is 610. The molecule has 2 rings (SSSR count). The number of ether oxygens (including phenoxy) is 1. The SMILES string of the molecule is ON=C(c1ccc(OC(F)(F)F)cc1)C(F)n1cncn1. The molecule has 0 saturated heterocycles. The summed E-state index contributed by atoms with van der Waals surface area (Å²) >= 11 is 0. The molecule has 0 fully saturated rings. The first-order valence-corrected chi connectivity index (χ1v) is 5.47. The fourth-order valence-corrected chi connectivity index (χ4v) is 1.53. The zero-order valence-electron chi connectivity index (χ0n) is 10.2. The van der Waals surface area contributed by atoms with Crippen LogP contribution in [0, 0.1) is 0 Å². The van der Waals surface area contributed by atoms with Gasteiger partial charge in [0.1, 0.15) is 24.1 Å². The van der Waals surface area contributed by atoms with Crippen LogP contribution >= 0.6 is 0 Å². The van der Waals surface area contributed by atoms with Crippen molar-refractivity contribution >= 4 is 5.71 Å². The van der Waals surface area contributed by atoms with E-state index in [0.717, 1.165) is 41.6 Å². The van der Waals surface area contributed by atoms with Crippen LogP contribution in [0.2, 0.25) is 0 Å². The van der Waals surface area contributed by atoms with Crippen LogP contribution in [0.4, 0.5) is 17.6 Å². The van der Waals surface area contributed by atoms with Gasteiger partial charge in [0.05, 0.1) is 0 Å². The fraction of sp³-hybridized carbons (Fsp3) is 0.182. The van der Waals surface area contributed by atoms with Gasteiger partial charge in [-0.2, -0.15) is 5.10 Å². The van der Waals surface area contributed by atoms with Crippen molar-refractivity contribution in [3.05, 3.63) is 42.5 Å². The summed E-state index contributed by atoms with van der Waals surface area (Å²) in [6, 6.07) is 4.20. The zero-order chi connectivity index (χ0) is 15.5. The van der Waals surface area contributed by atoms with Crippen molar-refractivity contribution in [3.8, 4) is 5.75 Å². The molecule has 6 nitrogen and oxygen atoms in total. The Hall–Kier alpha value is -2.65. The topological polar surface area (TPSA) is 72.5 Å². The summed E-state index contributed by atoms with van der Waals surface area (Å²) in [5.74, 6) is -0.472. The molecule has 1 heterocycles. The summed E-state index contributed by atoms with van der Waals surface area (Å²) in [5, 5.41) is 15.2. The molecule has 0 aliphatic heterocycles. The molecule has 1 aromatic heterocycles. The van der Waals surface area contributed by atoms with Gasteiger partial charge in [0.2, 0.25) is 6.30 Å². The van der Waals surface area contributed by atoms with Gasteiger partial charge in [-0.1, -0.05) is 5.16 Å². The Labute approximate surface area is 115 Å². The molecule has 1 N–H and O–H groups in total. The molecule has 0 amide bonds. The Morgan fingerprint density at radius 2 is 1.95 bits per heavy atom. The lowest BCUT2D eigenvalue weighted by Crippen LogP contribution is -2.18. The van der Waals surface area contributed by atoms with Gasteiger partial charge >= 0.3 is 6.36 Å². The van der Waals surface area contributed by atoms with E-state index < -0.39 is 24.1 Å². The molecule has 0 radical (unpaired) electrons. The van der Waals surface area contributed by atoms with Gasteiger partial charge in [-0.3, -0.25) is 0 Å². The minimum atomic E-state index is -4.82. The van der Waals surface area contributed by atoms with Crippen molar-refractivity contribution in [1.29, 1.82) is 0 Å². The average Bonchev–Trinajstić information content (AvgIpc) is 2.93. The minimum Gasteiger partial charge on any atom is -0.410 e. The van der Waals surface area contributed by atoms with Gasteiger partial charge in [-0.15, -0.1) is 13.2 Å². The molecule has 1 aromatic carbocycles. The van der Waals surface area contributed by atoms with Gasteiger partial charge in [0.15, 0.2) is 0 Å². The summed E-state index contributed by atoms with van der Waals surface area (Å²) in [6.45, 7) is 0. The van der Waals surface area contributed by atoms with E-state index in [1.807, 2.05) is 0 Å². The predicted octanol–water partition coefficient (Wildman–Crippen LogP) is 2.52. The zero-order valence-corrected chi connectivity index (χ0v) is 10.2. The van der Waals surface area contributed by atoms with Crippen molar-refractivity contribution in [3.63, 3.8) is 0 Å². The number of hydrogen-bond acceptors (Lipinski definition) is 5. The lowest BCUT2D eigenvalue weighted by Gasteiger charge is -2.12. The highest BCUT2D eigenvalue weighted by Gasteiger charge is 2.31. The fourth-order valence-electron chi connectivity index (χ4n) is 1.53. The Morgan fingerprint density at radius 1 is 1.29 bits per heavy atom. The first-order valence-electron chi connectivity index (χ1n) is 5.47. The Kier molecular flexibility index (Phi) is 4.05. The van der Waals surface area contributed by atoms with E-state index in [0.29, 0.717) is 0 Å². The van der Waals surface area contributed by atoms with E-state index in [-0.39, 0.29) is 5.56 Å². The lowest BCUT2D eigenvalue weighted by atomic mass is 10.1. The number of oxime groups is 1. The molecule has 0 spiro atoms. The quantitative estimate of drug-likeness (QED) is 0.408. The average molecular weight is 304 g/mol.